The molecule has 1 aliphatic heterocycles. The molecule has 0 saturated carbocycles. The minimum atomic E-state index is -0.418. The molecule has 1 saturated heterocycles. The van der Waals surface area contributed by atoms with Crippen molar-refractivity contribution in [2.24, 2.45) is 5.92 Å². The van der Waals surface area contributed by atoms with Gasteiger partial charge in [0.1, 0.15) is 0 Å². The maximum Gasteiger partial charge on any atom is 0.229 e. The molecule has 5 nitrogen and oxygen atoms in total. The van der Waals surface area contributed by atoms with Crippen LogP contribution in [0.2, 0.25) is 0 Å². The molecular weight excluding hydrogens is 382 g/mol. The standard InChI is InChI=1S/C19H16BrN3O2/c1-12-5-6-16(9-17(12)20)23-11-14(8-18(23)24)19(25)22-15-4-2-3-13(7-15)10-21/h2-7,9,14H,8,11H2,1H3,(H,22,25). The summed E-state index contributed by atoms with van der Waals surface area (Å²) in [5.74, 6) is -0.697. The smallest absolute Gasteiger partial charge is 0.229 e. The maximum atomic E-state index is 12.5. The first-order valence-electron chi connectivity index (χ1n) is 7.85. The van der Waals surface area contributed by atoms with Crippen molar-refractivity contribution < 1.29 is 9.59 Å². The molecule has 1 unspecified atom stereocenters. The minimum absolute atomic E-state index is 0.0679. The van der Waals surface area contributed by atoms with Crippen LogP contribution in [0.25, 0.3) is 0 Å². The van der Waals surface area contributed by atoms with Crippen LogP contribution in [0.3, 0.4) is 0 Å². The van der Waals surface area contributed by atoms with Gasteiger partial charge in [0.05, 0.1) is 17.6 Å². The summed E-state index contributed by atoms with van der Waals surface area (Å²) in [6, 6.07) is 14.5. The Kier molecular flexibility index (Phi) is 4.86. The first-order valence-corrected chi connectivity index (χ1v) is 8.65. The van der Waals surface area contributed by atoms with Gasteiger partial charge in [-0.1, -0.05) is 28.1 Å². The largest absolute Gasteiger partial charge is 0.326 e. The van der Waals surface area contributed by atoms with Crippen LogP contribution in [0, 0.1) is 24.2 Å². The van der Waals surface area contributed by atoms with Crippen LogP contribution in [0.1, 0.15) is 17.5 Å². The van der Waals surface area contributed by atoms with Crippen LogP contribution in [0.15, 0.2) is 46.9 Å². The van der Waals surface area contributed by atoms with Gasteiger partial charge >= 0.3 is 0 Å². The number of hydrogen-bond acceptors (Lipinski definition) is 3. The number of nitrogens with one attached hydrogen (secondary N) is 1. The van der Waals surface area contributed by atoms with Gasteiger partial charge in [-0.25, -0.2) is 0 Å². The monoisotopic (exact) mass is 397 g/mol. The molecule has 2 aromatic rings. The van der Waals surface area contributed by atoms with Gasteiger partial charge in [0, 0.05) is 28.8 Å². The average molecular weight is 398 g/mol. The summed E-state index contributed by atoms with van der Waals surface area (Å²) >= 11 is 3.47. The fourth-order valence-corrected chi connectivity index (χ4v) is 3.16. The van der Waals surface area contributed by atoms with Crippen molar-refractivity contribution in [1.29, 1.82) is 5.26 Å². The molecule has 0 spiro atoms. The highest BCUT2D eigenvalue weighted by molar-refractivity contribution is 9.10. The lowest BCUT2D eigenvalue weighted by molar-refractivity contribution is -0.122. The van der Waals surface area contributed by atoms with Crippen molar-refractivity contribution in [3.63, 3.8) is 0 Å². The van der Waals surface area contributed by atoms with Gasteiger partial charge in [0.15, 0.2) is 0 Å². The maximum absolute atomic E-state index is 12.5. The van der Waals surface area contributed by atoms with Crippen LogP contribution < -0.4 is 10.2 Å². The van der Waals surface area contributed by atoms with Gasteiger partial charge in [-0.05, 0) is 42.8 Å². The van der Waals surface area contributed by atoms with E-state index in [2.05, 4.69) is 21.2 Å². The lowest BCUT2D eigenvalue weighted by atomic mass is 10.1. The van der Waals surface area contributed by atoms with E-state index in [-0.39, 0.29) is 18.2 Å². The summed E-state index contributed by atoms with van der Waals surface area (Å²) in [7, 11) is 0. The molecule has 126 valence electrons. The number of nitrogens with zero attached hydrogens (tertiary/aromatic N) is 2. The molecule has 0 radical (unpaired) electrons. The van der Waals surface area contributed by atoms with Gasteiger partial charge in [-0.2, -0.15) is 5.26 Å². The molecule has 1 atom stereocenters. The number of benzene rings is 2. The van der Waals surface area contributed by atoms with Gasteiger partial charge in [0.2, 0.25) is 11.8 Å². The van der Waals surface area contributed by atoms with E-state index in [0.29, 0.717) is 17.8 Å². The lowest BCUT2D eigenvalue weighted by Gasteiger charge is -2.17. The summed E-state index contributed by atoms with van der Waals surface area (Å²) in [5.41, 5.74) is 2.91. The van der Waals surface area contributed by atoms with E-state index in [0.717, 1.165) is 15.7 Å². The fraction of sp³-hybridized carbons (Fsp3) is 0.211. The Morgan fingerprint density at radius 2 is 2.12 bits per heavy atom. The number of aryl methyl sites for hydroxylation is 1. The molecule has 1 aliphatic rings. The highest BCUT2D eigenvalue weighted by Gasteiger charge is 2.35. The van der Waals surface area contributed by atoms with E-state index in [9.17, 15) is 9.59 Å². The Morgan fingerprint density at radius 1 is 1.32 bits per heavy atom. The summed E-state index contributed by atoms with van der Waals surface area (Å²) in [5, 5.41) is 11.7. The molecular formula is C19H16BrN3O2. The number of carbonyl (C=O) groups excluding carboxylic acids is 2. The van der Waals surface area contributed by atoms with Crippen molar-refractivity contribution in [1.82, 2.24) is 0 Å². The number of rotatable bonds is 3. The quantitative estimate of drug-likeness (QED) is 0.859. The van der Waals surface area contributed by atoms with Crippen LogP contribution in [0.4, 0.5) is 11.4 Å². The third kappa shape index (κ3) is 3.72. The Hall–Kier alpha value is -2.65. The molecule has 0 bridgehead atoms. The highest BCUT2D eigenvalue weighted by Crippen LogP contribution is 2.29. The fourth-order valence-electron chi connectivity index (χ4n) is 2.79. The number of amides is 2. The van der Waals surface area contributed by atoms with Crippen molar-refractivity contribution in [2.45, 2.75) is 13.3 Å². The summed E-state index contributed by atoms with van der Waals surface area (Å²) in [6.07, 6.45) is 0.176. The van der Waals surface area contributed by atoms with E-state index < -0.39 is 5.92 Å². The van der Waals surface area contributed by atoms with Crippen molar-refractivity contribution >= 4 is 39.1 Å². The SMILES string of the molecule is Cc1ccc(N2CC(C(=O)Nc3cccc(C#N)c3)CC2=O)cc1Br. The lowest BCUT2D eigenvalue weighted by Crippen LogP contribution is -2.28. The van der Waals surface area contributed by atoms with Crippen molar-refractivity contribution in [3.05, 3.63) is 58.1 Å². The third-order valence-corrected chi connectivity index (χ3v) is 5.08. The number of anilines is 2. The number of hydrogen-bond donors (Lipinski definition) is 1. The molecule has 0 aromatic heterocycles. The molecule has 3 rings (SSSR count). The zero-order valence-corrected chi connectivity index (χ0v) is 15.2. The van der Waals surface area contributed by atoms with Gasteiger partial charge in [0.25, 0.3) is 0 Å². The normalized spacial score (nSPS) is 16.6. The van der Waals surface area contributed by atoms with Crippen molar-refractivity contribution in [3.8, 4) is 6.07 Å². The third-order valence-electron chi connectivity index (χ3n) is 4.22. The van der Waals surface area contributed by atoms with E-state index >= 15 is 0 Å². The molecule has 1 fully saturated rings. The van der Waals surface area contributed by atoms with Crippen LogP contribution in [-0.4, -0.2) is 18.4 Å². The van der Waals surface area contributed by atoms with Gasteiger partial charge in [-0.15, -0.1) is 0 Å². The van der Waals surface area contributed by atoms with E-state index in [1.54, 1.807) is 29.2 Å². The Bertz CT molecular complexity index is 888. The summed E-state index contributed by atoms with van der Waals surface area (Å²) in [6.45, 7) is 2.32. The zero-order chi connectivity index (χ0) is 18.0. The average Bonchev–Trinajstić information content (AvgIpc) is 2.99. The second-order valence-electron chi connectivity index (χ2n) is 6.02. The molecule has 0 aliphatic carbocycles. The summed E-state index contributed by atoms with van der Waals surface area (Å²) in [4.78, 5) is 26.4. The number of halogens is 1. The predicted octanol–water partition coefficient (Wildman–Crippen LogP) is 3.62. The van der Waals surface area contributed by atoms with E-state index in [1.807, 2.05) is 31.2 Å². The molecule has 2 aromatic carbocycles. The van der Waals surface area contributed by atoms with Crippen LogP contribution in [0.5, 0.6) is 0 Å². The van der Waals surface area contributed by atoms with Gasteiger partial charge < -0.3 is 10.2 Å². The van der Waals surface area contributed by atoms with Crippen LogP contribution in [-0.2, 0) is 9.59 Å². The first-order chi connectivity index (χ1) is 12.0. The highest BCUT2D eigenvalue weighted by atomic mass is 79.9. The predicted molar refractivity (Wildman–Crippen MR) is 99.1 cm³/mol. The molecule has 2 amide bonds. The molecule has 6 heteroatoms. The zero-order valence-electron chi connectivity index (χ0n) is 13.6. The topological polar surface area (TPSA) is 73.2 Å². The Morgan fingerprint density at radius 3 is 2.84 bits per heavy atom. The second-order valence-corrected chi connectivity index (χ2v) is 6.88. The number of nitriles is 1. The number of carbonyl (C=O) groups is 2. The van der Waals surface area contributed by atoms with E-state index in [1.165, 1.54) is 0 Å². The molecule has 1 N–H and O–H groups in total. The Labute approximate surface area is 154 Å². The first kappa shape index (κ1) is 17.2. The van der Waals surface area contributed by atoms with E-state index in [4.69, 9.17) is 5.26 Å². The Balaban J connectivity index is 1.72. The van der Waals surface area contributed by atoms with Crippen LogP contribution >= 0.6 is 15.9 Å². The van der Waals surface area contributed by atoms with Gasteiger partial charge in [-0.3, -0.25) is 9.59 Å². The molecule has 1 heterocycles. The second kappa shape index (κ2) is 7.08. The minimum Gasteiger partial charge on any atom is -0.326 e. The summed E-state index contributed by atoms with van der Waals surface area (Å²) < 4.78 is 0.930. The molecule has 25 heavy (non-hydrogen) atoms. The van der Waals surface area contributed by atoms with Crippen molar-refractivity contribution in [2.75, 3.05) is 16.8 Å².